The van der Waals surface area contributed by atoms with Crippen LogP contribution >= 0.6 is 23.1 Å². The van der Waals surface area contributed by atoms with Crippen molar-refractivity contribution in [2.24, 2.45) is 4.99 Å². The first-order valence-electron chi connectivity index (χ1n) is 11.4. The molecule has 4 heterocycles. The van der Waals surface area contributed by atoms with Crippen molar-refractivity contribution in [2.45, 2.75) is 41.2 Å². The number of rotatable bonds is 6. The van der Waals surface area contributed by atoms with Crippen molar-refractivity contribution >= 4 is 54.8 Å². The Kier molecular flexibility index (Phi) is 6.09. The minimum atomic E-state index is -3.62. The Balaban J connectivity index is 1.35. The van der Waals surface area contributed by atoms with Gasteiger partial charge in [-0.25, -0.2) is 8.42 Å². The number of aliphatic hydroxyl groups is 1. The highest BCUT2D eigenvalue weighted by atomic mass is 32.2. The molecule has 1 fully saturated rings. The number of aliphatic imine (C=N–C) groups is 1. The summed E-state index contributed by atoms with van der Waals surface area (Å²) in [5, 5.41) is 13.9. The van der Waals surface area contributed by atoms with Gasteiger partial charge in [0.1, 0.15) is 9.25 Å². The van der Waals surface area contributed by atoms with E-state index >= 15 is 0 Å². The molecular formula is C24H30N4O3S3. The average molecular weight is 519 g/mol. The number of benzene rings is 1. The Bertz CT molecular complexity index is 1320. The third-order valence-corrected chi connectivity index (χ3v) is 11.2. The van der Waals surface area contributed by atoms with Crippen LogP contribution in [0.15, 0.2) is 51.0 Å². The highest BCUT2D eigenvalue weighted by molar-refractivity contribution is 8.15. The van der Waals surface area contributed by atoms with E-state index in [0.29, 0.717) is 16.4 Å². The lowest BCUT2D eigenvalue weighted by Gasteiger charge is -2.40. The molecule has 0 unspecified atom stereocenters. The zero-order valence-electron chi connectivity index (χ0n) is 19.6. The molecule has 0 atom stereocenters. The molecule has 0 aliphatic carbocycles. The van der Waals surface area contributed by atoms with Crippen LogP contribution in [0.2, 0.25) is 0 Å². The molecule has 1 spiro atoms. The fourth-order valence-corrected chi connectivity index (χ4v) is 8.39. The normalized spacial score (nSPS) is 19.1. The van der Waals surface area contributed by atoms with E-state index in [1.807, 2.05) is 43.8 Å². The molecule has 5 rings (SSSR count). The molecule has 1 aromatic carbocycles. The number of anilines is 1. The van der Waals surface area contributed by atoms with E-state index in [1.54, 1.807) is 24.6 Å². The Morgan fingerprint density at radius 2 is 2.00 bits per heavy atom. The van der Waals surface area contributed by atoms with Gasteiger partial charge in [0.05, 0.1) is 29.0 Å². The summed E-state index contributed by atoms with van der Waals surface area (Å²) in [6.07, 6.45) is 2.07. The van der Waals surface area contributed by atoms with Crippen LogP contribution < -0.4 is 4.31 Å². The SMILES string of the molecule is CN(c1cccc2cc(C3=NCC4(CCN(CC(C)(C)O)CC4)S3)[nH]c12)S(=O)(=O)c1cccs1. The second-order valence-electron chi connectivity index (χ2n) is 9.82. The second-order valence-corrected chi connectivity index (χ2v) is 14.4. The molecule has 0 amide bonds. The number of piperidine rings is 1. The highest BCUT2D eigenvalue weighted by Crippen LogP contribution is 2.44. The number of likely N-dealkylation sites (tertiary alicyclic amines) is 1. The van der Waals surface area contributed by atoms with E-state index in [2.05, 4.69) is 16.0 Å². The number of H-pyrrole nitrogens is 1. The van der Waals surface area contributed by atoms with Gasteiger partial charge in [-0.1, -0.05) is 30.0 Å². The van der Waals surface area contributed by atoms with Gasteiger partial charge in [0.2, 0.25) is 0 Å². The van der Waals surface area contributed by atoms with E-state index in [9.17, 15) is 13.5 Å². The quantitative estimate of drug-likeness (QED) is 0.512. The molecule has 2 aliphatic rings. The van der Waals surface area contributed by atoms with Gasteiger partial charge in [-0.3, -0.25) is 9.30 Å². The van der Waals surface area contributed by atoms with Crippen LogP contribution in [-0.2, 0) is 10.0 Å². The third kappa shape index (κ3) is 4.54. The number of hydrogen-bond acceptors (Lipinski definition) is 7. The standard InChI is InChI=1S/C24H30N4O3S3/c1-23(2,29)16-28-11-9-24(10-12-28)15-25-22(33-24)18-14-17-6-4-7-19(21(17)26-18)27(3)34(30,31)20-8-5-13-32-20/h4-8,13-14,26,29H,9-12,15-16H2,1-3H3. The molecule has 2 aromatic heterocycles. The number of para-hydroxylation sites is 1. The molecule has 2 aliphatic heterocycles. The van der Waals surface area contributed by atoms with Crippen LogP contribution in [0.1, 0.15) is 32.4 Å². The maximum atomic E-state index is 13.1. The van der Waals surface area contributed by atoms with Crippen molar-refractivity contribution in [3.05, 3.63) is 47.5 Å². The predicted molar refractivity (Wildman–Crippen MR) is 142 cm³/mol. The van der Waals surface area contributed by atoms with Crippen LogP contribution in [0, 0.1) is 0 Å². The van der Waals surface area contributed by atoms with Gasteiger partial charge < -0.3 is 15.0 Å². The van der Waals surface area contributed by atoms with E-state index < -0.39 is 15.6 Å². The summed E-state index contributed by atoms with van der Waals surface area (Å²) in [5.41, 5.74) is 1.67. The number of β-amino-alcohol motifs (C(OH)–C–C–N with tert-alkyl or cyclic N) is 1. The number of thioether (sulfide) groups is 1. The van der Waals surface area contributed by atoms with Gasteiger partial charge in [-0.05, 0) is 63.4 Å². The summed E-state index contributed by atoms with van der Waals surface area (Å²) in [6.45, 7) is 7.11. The maximum Gasteiger partial charge on any atom is 0.273 e. The first kappa shape index (κ1) is 23.9. The summed E-state index contributed by atoms with van der Waals surface area (Å²) < 4.78 is 28.0. The monoisotopic (exact) mass is 518 g/mol. The average Bonchev–Trinajstić information content (AvgIpc) is 3.53. The predicted octanol–water partition coefficient (Wildman–Crippen LogP) is 4.15. The lowest BCUT2D eigenvalue weighted by Crippen LogP contribution is -2.47. The minimum Gasteiger partial charge on any atom is -0.389 e. The Hall–Kier alpha value is -1.85. The molecular weight excluding hydrogens is 488 g/mol. The van der Waals surface area contributed by atoms with Gasteiger partial charge in [0.15, 0.2) is 0 Å². The van der Waals surface area contributed by atoms with Crippen molar-refractivity contribution in [3.8, 4) is 0 Å². The molecule has 7 nitrogen and oxygen atoms in total. The van der Waals surface area contributed by atoms with Gasteiger partial charge in [-0.15, -0.1) is 11.3 Å². The summed E-state index contributed by atoms with van der Waals surface area (Å²) in [6, 6.07) is 11.2. The summed E-state index contributed by atoms with van der Waals surface area (Å²) in [7, 11) is -2.02. The minimum absolute atomic E-state index is 0.102. The van der Waals surface area contributed by atoms with Crippen LogP contribution in [0.5, 0.6) is 0 Å². The van der Waals surface area contributed by atoms with Gasteiger partial charge in [0.25, 0.3) is 10.0 Å². The van der Waals surface area contributed by atoms with Crippen molar-refractivity contribution in [2.75, 3.05) is 37.5 Å². The van der Waals surface area contributed by atoms with Gasteiger partial charge in [0, 0.05) is 23.7 Å². The number of sulfonamides is 1. The molecule has 34 heavy (non-hydrogen) atoms. The van der Waals surface area contributed by atoms with Crippen LogP contribution in [0.3, 0.4) is 0 Å². The Labute approximate surface area is 208 Å². The topological polar surface area (TPSA) is 89.0 Å². The number of nitrogens with zero attached hydrogens (tertiary/aromatic N) is 3. The number of thiophene rings is 1. The third-order valence-electron chi connectivity index (χ3n) is 6.52. The van der Waals surface area contributed by atoms with Crippen LogP contribution in [-0.4, -0.2) is 72.0 Å². The van der Waals surface area contributed by atoms with Crippen molar-refractivity contribution in [3.63, 3.8) is 0 Å². The molecule has 0 saturated carbocycles. The maximum absolute atomic E-state index is 13.1. The van der Waals surface area contributed by atoms with Crippen molar-refractivity contribution in [1.82, 2.24) is 9.88 Å². The number of aromatic amines is 1. The molecule has 1 saturated heterocycles. The van der Waals surface area contributed by atoms with Crippen LogP contribution in [0.4, 0.5) is 5.69 Å². The molecule has 182 valence electrons. The first-order valence-corrected chi connectivity index (χ1v) is 14.5. The van der Waals surface area contributed by atoms with E-state index in [4.69, 9.17) is 4.99 Å². The zero-order valence-corrected chi connectivity index (χ0v) is 22.1. The lowest BCUT2D eigenvalue weighted by atomic mass is 9.94. The highest BCUT2D eigenvalue weighted by Gasteiger charge is 2.41. The molecule has 0 radical (unpaired) electrons. The zero-order chi connectivity index (χ0) is 24.1. The van der Waals surface area contributed by atoms with E-state index in [0.717, 1.165) is 54.1 Å². The van der Waals surface area contributed by atoms with Crippen molar-refractivity contribution < 1.29 is 13.5 Å². The number of hydrogen-bond donors (Lipinski definition) is 2. The number of nitrogens with one attached hydrogen (secondary N) is 1. The molecule has 0 bridgehead atoms. The molecule has 2 N–H and O–H groups in total. The Morgan fingerprint density at radius 1 is 1.24 bits per heavy atom. The second kappa shape index (κ2) is 8.67. The Morgan fingerprint density at radius 3 is 2.68 bits per heavy atom. The summed E-state index contributed by atoms with van der Waals surface area (Å²) in [5.74, 6) is 0. The van der Waals surface area contributed by atoms with Gasteiger partial charge in [-0.2, -0.15) is 0 Å². The van der Waals surface area contributed by atoms with Crippen LogP contribution in [0.25, 0.3) is 10.9 Å². The van der Waals surface area contributed by atoms with Gasteiger partial charge >= 0.3 is 0 Å². The fraction of sp³-hybridized carbons (Fsp3) is 0.458. The number of fused-ring (bicyclic) bond motifs is 1. The molecule has 10 heteroatoms. The number of aromatic nitrogens is 1. The largest absolute Gasteiger partial charge is 0.389 e. The first-order chi connectivity index (χ1) is 16.1. The summed E-state index contributed by atoms with van der Waals surface area (Å²) >= 11 is 3.06. The molecule has 3 aromatic rings. The van der Waals surface area contributed by atoms with E-state index in [1.165, 1.54) is 15.6 Å². The lowest BCUT2D eigenvalue weighted by molar-refractivity contribution is 0.0272. The van der Waals surface area contributed by atoms with E-state index in [-0.39, 0.29) is 4.75 Å². The summed E-state index contributed by atoms with van der Waals surface area (Å²) in [4.78, 5) is 10.7. The smallest absolute Gasteiger partial charge is 0.273 e. The van der Waals surface area contributed by atoms with Crippen molar-refractivity contribution in [1.29, 1.82) is 0 Å². The fourth-order valence-electron chi connectivity index (χ4n) is 4.74.